The van der Waals surface area contributed by atoms with Gasteiger partial charge in [0.1, 0.15) is 18.0 Å². The summed E-state index contributed by atoms with van der Waals surface area (Å²) in [5.41, 5.74) is 1.14. The zero-order valence-corrected chi connectivity index (χ0v) is 9.19. The minimum atomic E-state index is 0.412. The quantitative estimate of drug-likeness (QED) is 0.849. The predicted molar refractivity (Wildman–Crippen MR) is 58.9 cm³/mol. The summed E-state index contributed by atoms with van der Waals surface area (Å²) in [5.74, 6) is 0.881. The molecule has 2 rings (SSSR count). The molecule has 2 aromatic rings. The van der Waals surface area contributed by atoms with E-state index >= 15 is 0 Å². The van der Waals surface area contributed by atoms with Crippen LogP contribution in [0.4, 0.5) is 0 Å². The van der Waals surface area contributed by atoms with Crippen molar-refractivity contribution in [2.75, 3.05) is 6.61 Å². The predicted octanol–water partition coefficient (Wildman–Crippen LogP) is 1.86. The van der Waals surface area contributed by atoms with E-state index in [4.69, 9.17) is 10.00 Å². The molecule has 0 aromatic carbocycles. The first-order valence-electron chi connectivity index (χ1n) is 5.07. The van der Waals surface area contributed by atoms with Crippen molar-refractivity contribution < 1.29 is 4.74 Å². The van der Waals surface area contributed by atoms with Gasteiger partial charge in [-0.2, -0.15) is 5.26 Å². The molecule has 82 valence electrons. The third-order valence-electron chi connectivity index (χ3n) is 2.11. The van der Waals surface area contributed by atoms with Crippen molar-refractivity contribution in [3.63, 3.8) is 0 Å². The summed E-state index contributed by atoms with van der Waals surface area (Å²) >= 11 is 0. The molecule has 2 aromatic heterocycles. The van der Waals surface area contributed by atoms with Crippen LogP contribution in [0.3, 0.4) is 0 Å². The highest BCUT2D eigenvalue weighted by Gasteiger charge is 2.12. The molecule has 5 heteroatoms. The van der Waals surface area contributed by atoms with Crippen molar-refractivity contribution in [3.8, 4) is 11.9 Å². The fourth-order valence-electron chi connectivity index (χ4n) is 1.38. The van der Waals surface area contributed by atoms with Crippen molar-refractivity contribution in [2.45, 2.75) is 13.8 Å². The number of hydrogen-bond acceptors (Lipinski definition) is 4. The Hall–Kier alpha value is -2.09. The molecule has 0 radical (unpaired) electrons. The molecule has 0 aliphatic rings. The highest BCUT2D eigenvalue weighted by atomic mass is 16.5. The molecule has 0 bridgehead atoms. The lowest BCUT2D eigenvalue weighted by Crippen LogP contribution is -2.06. The lowest BCUT2D eigenvalue weighted by Gasteiger charge is -2.07. The van der Waals surface area contributed by atoms with E-state index in [1.165, 1.54) is 6.33 Å². The average molecular weight is 216 g/mol. The Morgan fingerprint density at radius 3 is 3.00 bits per heavy atom. The largest absolute Gasteiger partial charge is 0.477 e. The monoisotopic (exact) mass is 216 g/mol. The Morgan fingerprint density at radius 2 is 2.31 bits per heavy atom. The lowest BCUT2D eigenvalue weighted by atomic mass is 10.2. The zero-order chi connectivity index (χ0) is 11.5. The number of hydrogen-bond donors (Lipinski definition) is 1. The van der Waals surface area contributed by atoms with Crippen LogP contribution in [-0.4, -0.2) is 21.6 Å². The number of aromatic nitrogens is 3. The smallest absolute Gasteiger partial charge is 0.227 e. The van der Waals surface area contributed by atoms with Gasteiger partial charge in [-0.1, -0.05) is 13.8 Å². The highest BCUT2D eigenvalue weighted by molar-refractivity contribution is 5.87. The van der Waals surface area contributed by atoms with Gasteiger partial charge in [0.25, 0.3) is 0 Å². The van der Waals surface area contributed by atoms with Gasteiger partial charge in [0.15, 0.2) is 0 Å². The lowest BCUT2D eigenvalue weighted by molar-refractivity contribution is 0.264. The fraction of sp³-hybridized carbons (Fsp3) is 0.364. The molecule has 16 heavy (non-hydrogen) atoms. The molecule has 0 aliphatic heterocycles. The number of rotatable bonds is 3. The fourth-order valence-corrected chi connectivity index (χ4v) is 1.38. The van der Waals surface area contributed by atoms with E-state index in [-0.39, 0.29) is 0 Å². The van der Waals surface area contributed by atoms with Crippen LogP contribution in [0.2, 0.25) is 0 Å². The molecule has 0 spiro atoms. The summed E-state index contributed by atoms with van der Waals surface area (Å²) in [4.78, 5) is 11.0. The number of nitriles is 1. The normalized spacial score (nSPS) is 10.6. The van der Waals surface area contributed by atoms with Gasteiger partial charge in [-0.3, -0.25) is 0 Å². The molecule has 0 saturated heterocycles. The maximum atomic E-state index is 8.95. The van der Waals surface area contributed by atoms with Crippen molar-refractivity contribution in [1.29, 1.82) is 5.26 Å². The Labute approximate surface area is 93.1 Å². The summed E-state index contributed by atoms with van der Waals surface area (Å²) in [6, 6.07) is 2.09. The molecule has 2 heterocycles. The molecule has 0 unspecified atom stereocenters. The van der Waals surface area contributed by atoms with E-state index in [1.54, 1.807) is 6.20 Å². The molecule has 0 fully saturated rings. The summed E-state index contributed by atoms with van der Waals surface area (Å²) in [6.07, 6.45) is 3.04. The van der Waals surface area contributed by atoms with E-state index in [0.29, 0.717) is 35.0 Å². The van der Waals surface area contributed by atoms with Gasteiger partial charge in [-0.05, 0) is 5.92 Å². The molecular formula is C11H12N4O. The molecule has 0 aliphatic carbocycles. The van der Waals surface area contributed by atoms with E-state index in [1.807, 2.05) is 0 Å². The second-order valence-electron chi connectivity index (χ2n) is 3.92. The van der Waals surface area contributed by atoms with Crippen LogP contribution < -0.4 is 4.74 Å². The summed E-state index contributed by atoms with van der Waals surface area (Å²) in [7, 11) is 0. The zero-order valence-electron chi connectivity index (χ0n) is 9.19. The standard InChI is InChI=1S/C11H12N4O/c1-7(2)5-16-11-9-8(3-12)4-13-10(9)14-6-15-11/h4,6-7H,5H2,1-2H3,(H,13,14,15). The number of H-pyrrole nitrogens is 1. The highest BCUT2D eigenvalue weighted by Crippen LogP contribution is 2.24. The van der Waals surface area contributed by atoms with Crippen LogP contribution >= 0.6 is 0 Å². The third kappa shape index (κ3) is 1.82. The van der Waals surface area contributed by atoms with Crippen molar-refractivity contribution in [2.24, 2.45) is 5.92 Å². The number of ether oxygens (including phenoxy) is 1. The van der Waals surface area contributed by atoms with Crippen LogP contribution in [0, 0.1) is 17.2 Å². The maximum absolute atomic E-state index is 8.95. The van der Waals surface area contributed by atoms with Gasteiger partial charge in [0.05, 0.1) is 17.6 Å². The Bertz CT molecular complexity index is 538. The number of aromatic amines is 1. The molecule has 0 saturated carbocycles. The average Bonchev–Trinajstić information content (AvgIpc) is 2.69. The summed E-state index contributed by atoms with van der Waals surface area (Å²) in [6.45, 7) is 4.68. The van der Waals surface area contributed by atoms with Gasteiger partial charge < -0.3 is 9.72 Å². The van der Waals surface area contributed by atoms with E-state index in [2.05, 4.69) is 34.9 Å². The van der Waals surface area contributed by atoms with Crippen LogP contribution in [-0.2, 0) is 0 Å². The molecule has 1 N–H and O–H groups in total. The third-order valence-corrected chi connectivity index (χ3v) is 2.11. The first kappa shape index (κ1) is 10.4. The van der Waals surface area contributed by atoms with E-state index in [9.17, 15) is 0 Å². The van der Waals surface area contributed by atoms with Crippen molar-refractivity contribution in [3.05, 3.63) is 18.1 Å². The topological polar surface area (TPSA) is 74.6 Å². The van der Waals surface area contributed by atoms with E-state index in [0.717, 1.165) is 0 Å². The first-order chi connectivity index (χ1) is 7.72. The van der Waals surface area contributed by atoms with Crippen molar-refractivity contribution in [1.82, 2.24) is 15.0 Å². The molecular weight excluding hydrogens is 204 g/mol. The van der Waals surface area contributed by atoms with Crippen LogP contribution in [0.15, 0.2) is 12.5 Å². The first-order valence-corrected chi connectivity index (χ1v) is 5.07. The second-order valence-corrected chi connectivity index (χ2v) is 3.92. The Kier molecular flexibility index (Phi) is 2.73. The van der Waals surface area contributed by atoms with Crippen LogP contribution in [0.1, 0.15) is 19.4 Å². The SMILES string of the molecule is CC(C)COc1ncnc2[nH]cc(C#N)c12. The number of fused-ring (bicyclic) bond motifs is 1. The summed E-state index contributed by atoms with van der Waals surface area (Å²) < 4.78 is 5.56. The van der Waals surface area contributed by atoms with Crippen LogP contribution in [0.25, 0.3) is 11.0 Å². The van der Waals surface area contributed by atoms with E-state index < -0.39 is 0 Å². The Morgan fingerprint density at radius 1 is 1.50 bits per heavy atom. The van der Waals surface area contributed by atoms with Gasteiger partial charge in [0.2, 0.25) is 5.88 Å². The van der Waals surface area contributed by atoms with Gasteiger partial charge in [-0.15, -0.1) is 0 Å². The number of nitrogens with one attached hydrogen (secondary N) is 1. The minimum Gasteiger partial charge on any atom is -0.477 e. The second kappa shape index (κ2) is 4.19. The maximum Gasteiger partial charge on any atom is 0.227 e. The molecule has 0 atom stereocenters. The summed E-state index contributed by atoms with van der Waals surface area (Å²) in [5, 5.41) is 9.60. The Balaban J connectivity index is 2.44. The van der Waals surface area contributed by atoms with Gasteiger partial charge in [-0.25, -0.2) is 9.97 Å². The molecule has 5 nitrogen and oxygen atoms in total. The van der Waals surface area contributed by atoms with Crippen LogP contribution in [0.5, 0.6) is 5.88 Å². The van der Waals surface area contributed by atoms with Crippen molar-refractivity contribution >= 4 is 11.0 Å². The molecule has 0 amide bonds. The number of nitrogens with zero attached hydrogens (tertiary/aromatic N) is 3. The van der Waals surface area contributed by atoms with Gasteiger partial charge >= 0.3 is 0 Å². The van der Waals surface area contributed by atoms with Gasteiger partial charge in [0, 0.05) is 6.20 Å². The minimum absolute atomic E-state index is 0.412.